The second-order valence-corrected chi connectivity index (χ2v) is 4.25. The Hall–Kier alpha value is -1.36. The topological polar surface area (TPSA) is 67.3 Å². The Balaban J connectivity index is 2.43. The summed E-state index contributed by atoms with van der Waals surface area (Å²) in [7, 11) is 0. The molecule has 0 saturated carbocycles. The van der Waals surface area contributed by atoms with Gasteiger partial charge >= 0.3 is 0 Å². The Morgan fingerprint density at radius 2 is 2.18 bits per heavy atom. The lowest BCUT2D eigenvalue weighted by molar-refractivity contribution is 0.166. The molecule has 17 heavy (non-hydrogen) atoms. The van der Waals surface area contributed by atoms with Crippen molar-refractivity contribution in [1.29, 1.82) is 0 Å². The van der Waals surface area contributed by atoms with Gasteiger partial charge in [-0.15, -0.1) is 0 Å². The van der Waals surface area contributed by atoms with Crippen LogP contribution in [0.4, 0.5) is 5.82 Å². The lowest BCUT2D eigenvalue weighted by Gasteiger charge is -2.14. The van der Waals surface area contributed by atoms with Crippen LogP contribution in [-0.2, 0) is 0 Å². The van der Waals surface area contributed by atoms with E-state index >= 15 is 0 Å². The van der Waals surface area contributed by atoms with E-state index in [0.29, 0.717) is 24.2 Å². The minimum Gasteiger partial charge on any atom is -0.477 e. The summed E-state index contributed by atoms with van der Waals surface area (Å²) in [6, 6.07) is 0. The molecule has 0 aliphatic carbocycles. The number of ether oxygens (including phenoxy) is 1. The maximum atomic E-state index is 9.26. The summed E-state index contributed by atoms with van der Waals surface area (Å²) in [6.45, 7) is 7.13. The first-order chi connectivity index (χ1) is 8.11. The first-order valence-electron chi connectivity index (χ1n) is 5.98. The number of hydrogen-bond acceptors (Lipinski definition) is 5. The fourth-order valence-corrected chi connectivity index (χ4v) is 1.60. The highest BCUT2D eigenvalue weighted by molar-refractivity contribution is 5.33. The number of rotatable bonds is 7. The first kappa shape index (κ1) is 13.7. The SMILES string of the molecule is CCOc1cncc(NC[C@@H](C)C[C@@H](C)O)n1. The van der Waals surface area contributed by atoms with E-state index in [-0.39, 0.29) is 6.10 Å². The number of aliphatic hydroxyl groups is 1. The fourth-order valence-electron chi connectivity index (χ4n) is 1.60. The van der Waals surface area contributed by atoms with Crippen LogP contribution in [0.5, 0.6) is 5.88 Å². The predicted octanol–water partition coefficient (Wildman–Crippen LogP) is 1.69. The van der Waals surface area contributed by atoms with Gasteiger partial charge in [0.1, 0.15) is 5.82 Å². The van der Waals surface area contributed by atoms with Gasteiger partial charge in [-0.25, -0.2) is 0 Å². The predicted molar refractivity (Wildman–Crippen MR) is 67.2 cm³/mol. The van der Waals surface area contributed by atoms with Crippen LogP contribution in [-0.4, -0.2) is 34.3 Å². The van der Waals surface area contributed by atoms with Crippen molar-refractivity contribution in [2.45, 2.75) is 33.3 Å². The van der Waals surface area contributed by atoms with Crippen LogP contribution in [0.15, 0.2) is 12.4 Å². The zero-order chi connectivity index (χ0) is 12.7. The van der Waals surface area contributed by atoms with Crippen LogP contribution < -0.4 is 10.1 Å². The molecule has 1 aromatic rings. The molecule has 0 spiro atoms. The van der Waals surface area contributed by atoms with Crippen LogP contribution in [0.25, 0.3) is 0 Å². The highest BCUT2D eigenvalue weighted by Crippen LogP contribution is 2.11. The molecule has 0 amide bonds. The quantitative estimate of drug-likeness (QED) is 0.758. The molecular weight excluding hydrogens is 218 g/mol. The summed E-state index contributed by atoms with van der Waals surface area (Å²) in [4.78, 5) is 8.30. The monoisotopic (exact) mass is 239 g/mol. The molecular formula is C12H21N3O2. The molecule has 0 unspecified atom stereocenters. The molecule has 0 bridgehead atoms. The van der Waals surface area contributed by atoms with Crippen molar-refractivity contribution in [3.05, 3.63) is 12.4 Å². The summed E-state index contributed by atoms with van der Waals surface area (Å²) in [5.41, 5.74) is 0. The highest BCUT2D eigenvalue weighted by Gasteiger charge is 2.06. The van der Waals surface area contributed by atoms with Gasteiger partial charge in [0.2, 0.25) is 5.88 Å². The average molecular weight is 239 g/mol. The Morgan fingerprint density at radius 3 is 2.82 bits per heavy atom. The van der Waals surface area contributed by atoms with Crippen LogP contribution in [0.1, 0.15) is 27.2 Å². The smallest absolute Gasteiger partial charge is 0.234 e. The molecule has 0 saturated heterocycles. The zero-order valence-corrected chi connectivity index (χ0v) is 10.7. The molecule has 0 fully saturated rings. The van der Waals surface area contributed by atoms with Crippen molar-refractivity contribution in [2.75, 3.05) is 18.5 Å². The molecule has 0 aliphatic heterocycles. The maximum absolute atomic E-state index is 9.26. The Morgan fingerprint density at radius 1 is 1.41 bits per heavy atom. The third kappa shape index (κ3) is 5.49. The highest BCUT2D eigenvalue weighted by atomic mass is 16.5. The van der Waals surface area contributed by atoms with E-state index in [2.05, 4.69) is 22.2 Å². The van der Waals surface area contributed by atoms with Gasteiger partial charge in [-0.05, 0) is 26.2 Å². The van der Waals surface area contributed by atoms with E-state index in [9.17, 15) is 5.11 Å². The van der Waals surface area contributed by atoms with Gasteiger partial charge in [0.15, 0.2) is 0 Å². The third-order valence-electron chi connectivity index (χ3n) is 2.28. The second-order valence-electron chi connectivity index (χ2n) is 4.25. The number of nitrogens with zero attached hydrogens (tertiary/aromatic N) is 2. The maximum Gasteiger partial charge on any atom is 0.234 e. The molecule has 1 heterocycles. The standard InChI is InChI=1S/C12H21N3O2/c1-4-17-12-8-13-7-11(15-12)14-6-9(2)5-10(3)16/h7-10,16H,4-6H2,1-3H3,(H,14,15)/t9-,10+/m0/s1. The molecule has 0 aromatic carbocycles. The van der Waals surface area contributed by atoms with Gasteiger partial charge in [-0.1, -0.05) is 6.92 Å². The van der Waals surface area contributed by atoms with Crippen molar-refractivity contribution < 1.29 is 9.84 Å². The summed E-state index contributed by atoms with van der Waals surface area (Å²) in [5.74, 6) is 1.61. The largest absolute Gasteiger partial charge is 0.477 e. The minimum absolute atomic E-state index is 0.271. The molecule has 2 atom stereocenters. The molecule has 5 nitrogen and oxygen atoms in total. The molecule has 2 N–H and O–H groups in total. The van der Waals surface area contributed by atoms with Gasteiger partial charge in [0.05, 0.1) is 25.1 Å². The lowest BCUT2D eigenvalue weighted by Crippen LogP contribution is -2.17. The second kappa shape index (κ2) is 7.06. The Labute approximate surface area is 102 Å². The molecule has 1 aromatic heterocycles. The van der Waals surface area contributed by atoms with Crippen LogP contribution >= 0.6 is 0 Å². The van der Waals surface area contributed by atoms with Crippen LogP contribution in [0, 0.1) is 5.92 Å². The van der Waals surface area contributed by atoms with E-state index in [4.69, 9.17) is 4.74 Å². The molecule has 5 heteroatoms. The van der Waals surface area contributed by atoms with Gasteiger partial charge < -0.3 is 15.2 Å². The number of anilines is 1. The Bertz CT molecular complexity index is 331. The van der Waals surface area contributed by atoms with Crippen molar-refractivity contribution in [3.63, 3.8) is 0 Å². The van der Waals surface area contributed by atoms with Gasteiger partial charge in [0.25, 0.3) is 0 Å². The molecule has 0 aliphatic rings. The normalized spacial score (nSPS) is 14.1. The Kier molecular flexibility index (Phi) is 5.69. The van der Waals surface area contributed by atoms with Crippen LogP contribution in [0.2, 0.25) is 0 Å². The number of aliphatic hydroxyl groups excluding tert-OH is 1. The van der Waals surface area contributed by atoms with E-state index in [1.165, 1.54) is 0 Å². The molecule has 96 valence electrons. The van der Waals surface area contributed by atoms with E-state index in [0.717, 1.165) is 13.0 Å². The summed E-state index contributed by atoms with van der Waals surface area (Å²) in [6.07, 6.45) is 3.75. The van der Waals surface area contributed by atoms with Crippen molar-refractivity contribution in [3.8, 4) is 5.88 Å². The number of aromatic nitrogens is 2. The first-order valence-corrected chi connectivity index (χ1v) is 5.98. The van der Waals surface area contributed by atoms with E-state index < -0.39 is 0 Å². The zero-order valence-electron chi connectivity index (χ0n) is 10.7. The van der Waals surface area contributed by atoms with E-state index in [1.54, 1.807) is 19.3 Å². The van der Waals surface area contributed by atoms with Crippen molar-refractivity contribution >= 4 is 5.82 Å². The van der Waals surface area contributed by atoms with Crippen LogP contribution in [0.3, 0.4) is 0 Å². The van der Waals surface area contributed by atoms with Crippen molar-refractivity contribution in [2.24, 2.45) is 5.92 Å². The van der Waals surface area contributed by atoms with E-state index in [1.807, 2.05) is 6.92 Å². The minimum atomic E-state index is -0.271. The number of hydrogen-bond donors (Lipinski definition) is 2. The summed E-state index contributed by atoms with van der Waals surface area (Å²) < 4.78 is 5.26. The van der Waals surface area contributed by atoms with Gasteiger partial charge in [-0.3, -0.25) is 4.98 Å². The lowest BCUT2D eigenvalue weighted by atomic mass is 10.1. The van der Waals surface area contributed by atoms with Gasteiger partial charge in [0, 0.05) is 6.54 Å². The summed E-state index contributed by atoms with van der Waals surface area (Å²) in [5, 5.41) is 12.4. The van der Waals surface area contributed by atoms with Crippen molar-refractivity contribution in [1.82, 2.24) is 9.97 Å². The molecule has 0 radical (unpaired) electrons. The van der Waals surface area contributed by atoms with Gasteiger partial charge in [-0.2, -0.15) is 4.98 Å². The number of nitrogens with one attached hydrogen (secondary N) is 1. The molecule has 1 rings (SSSR count). The summed E-state index contributed by atoms with van der Waals surface area (Å²) >= 11 is 0. The fraction of sp³-hybridized carbons (Fsp3) is 0.667. The average Bonchev–Trinajstić information content (AvgIpc) is 2.26. The third-order valence-corrected chi connectivity index (χ3v) is 2.28.